The Labute approximate surface area is 188 Å². The number of hydrogen-bond donors (Lipinski definition) is 2. The molecule has 0 aliphatic rings. The third kappa shape index (κ3) is 3.65. The number of anilines is 2. The molecular formula is C25H21FN6O. The summed E-state index contributed by atoms with van der Waals surface area (Å²) < 4.78 is 15.6. The van der Waals surface area contributed by atoms with Crippen molar-refractivity contribution in [3.8, 4) is 5.69 Å². The van der Waals surface area contributed by atoms with Crippen LogP contribution in [-0.2, 0) is 0 Å². The Kier molecular flexibility index (Phi) is 4.97. The summed E-state index contributed by atoms with van der Waals surface area (Å²) in [6, 6.07) is 16.8. The lowest BCUT2D eigenvalue weighted by molar-refractivity contribution is 0.625. The Morgan fingerprint density at radius 3 is 2.70 bits per heavy atom. The summed E-state index contributed by atoms with van der Waals surface area (Å²) in [7, 11) is 0. The van der Waals surface area contributed by atoms with Gasteiger partial charge in [0.25, 0.3) is 5.56 Å². The standard InChI is InChI=1S/C25H21FN6O/c1-14-6-3-7-16-12-20(32(24(33)21(14)16)18-9-4-8-17(26)13-18)15(2)29-23-22-19(10-5-11-28-22)30-25(27)31-23/h3-13,15H,1-2H3,(H3,27,29,30,31)/t15-/m0/s1. The molecule has 164 valence electrons. The topological polar surface area (TPSA) is 98.7 Å². The monoisotopic (exact) mass is 440 g/mol. The molecule has 1 atom stereocenters. The Morgan fingerprint density at radius 1 is 1.06 bits per heavy atom. The molecule has 5 rings (SSSR count). The summed E-state index contributed by atoms with van der Waals surface area (Å²) in [4.78, 5) is 26.6. The lowest BCUT2D eigenvalue weighted by Crippen LogP contribution is -2.26. The van der Waals surface area contributed by atoms with E-state index in [1.807, 2.05) is 38.1 Å². The highest BCUT2D eigenvalue weighted by molar-refractivity contribution is 5.87. The highest BCUT2D eigenvalue weighted by Gasteiger charge is 2.19. The zero-order chi connectivity index (χ0) is 23.1. The van der Waals surface area contributed by atoms with Gasteiger partial charge >= 0.3 is 0 Å². The number of nitrogens with one attached hydrogen (secondary N) is 1. The van der Waals surface area contributed by atoms with Crippen molar-refractivity contribution < 1.29 is 4.39 Å². The average molecular weight is 440 g/mol. The Morgan fingerprint density at radius 2 is 1.88 bits per heavy atom. The van der Waals surface area contributed by atoms with Crippen LogP contribution in [0.2, 0.25) is 0 Å². The number of halogens is 1. The van der Waals surface area contributed by atoms with Crippen molar-refractivity contribution in [1.82, 2.24) is 19.5 Å². The summed E-state index contributed by atoms with van der Waals surface area (Å²) in [5.41, 5.74) is 8.80. The number of nitrogen functional groups attached to an aromatic ring is 1. The molecule has 3 N–H and O–H groups in total. The first kappa shape index (κ1) is 20.6. The smallest absolute Gasteiger partial charge is 0.263 e. The van der Waals surface area contributed by atoms with E-state index in [4.69, 9.17) is 5.73 Å². The minimum absolute atomic E-state index is 0.113. The summed E-state index contributed by atoms with van der Waals surface area (Å²) in [6.07, 6.45) is 1.65. The van der Waals surface area contributed by atoms with Crippen LogP contribution in [0.1, 0.15) is 24.2 Å². The van der Waals surface area contributed by atoms with E-state index in [0.717, 1.165) is 10.9 Å². The first-order valence-electron chi connectivity index (χ1n) is 10.5. The normalized spacial score (nSPS) is 12.2. The average Bonchev–Trinajstić information content (AvgIpc) is 2.78. The van der Waals surface area contributed by atoms with Crippen LogP contribution in [-0.4, -0.2) is 19.5 Å². The summed E-state index contributed by atoms with van der Waals surface area (Å²) in [5.74, 6) is 0.143. The number of hydrogen-bond acceptors (Lipinski definition) is 6. The van der Waals surface area contributed by atoms with Crippen molar-refractivity contribution in [3.05, 3.63) is 94.3 Å². The van der Waals surface area contributed by atoms with Gasteiger partial charge in [-0.2, -0.15) is 4.98 Å². The molecule has 2 aromatic carbocycles. The number of aromatic nitrogens is 4. The zero-order valence-corrected chi connectivity index (χ0v) is 18.1. The SMILES string of the molecule is Cc1cccc2cc([C@H](C)Nc3nc(N)nc4cccnc34)n(-c3cccc(F)c3)c(=O)c12. The van der Waals surface area contributed by atoms with Crippen molar-refractivity contribution in [2.75, 3.05) is 11.1 Å². The van der Waals surface area contributed by atoms with Crippen molar-refractivity contribution in [3.63, 3.8) is 0 Å². The Balaban J connectivity index is 1.72. The zero-order valence-electron chi connectivity index (χ0n) is 18.1. The van der Waals surface area contributed by atoms with E-state index in [0.29, 0.717) is 33.6 Å². The molecular weight excluding hydrogens is 419 g/mol. The fraction of sp³-hybridized carbons (Fsp3) is 0.120. The predicted molar refractivity (Wildman–Crippen MR) is 128 cm³/mol. The molecule has 0 fully saturated rings. The van der Waals surface area contributed by atoms with Crippen LogP contribution in [0, 0.1) is 12.7 Å². The molecule has 0 spiro atoms. The molecule has 0 amide bonds. The van der Waals surface area contributed by atoms with Crippen LogP contribution in [0.15, 0.2) is 71.7 Å². The van der Waals surface area contributed by atoms with Gasteiger partial charge in [0.15, 0.2) is 5.82 Å². The van der Waals surface area contributed by atoms with E-state index in [1.54, 1.807) is 30.5 Å². The summed E-state index contributed by atoms with van der Waals surface area (Å²) in [6.45, 7) is 3.79. The molecule has 7 nitrogen and oxygen atoms in total. The van der Waals surface area contributed by atoms with Gasteiger partial charge < -0.3 is 11.1 Å². The van der Waals surface area contributed by atoms with Gasteiger partial charge in [-0.25, -0.2) is 9.37 Å². The van der Waals surface area contributed by atoms with Crippen LogP contribution in [0.3, 0.4) is 0 Å². The van der Waals surface area contributed by atoms with Crippen molar-refractivity contribution >= 4 is 33.6 Å². The van der Waals surface area contributed by atoms with Crippen LogP contribution >= 0.6 is 0 Å². The van der Waals surface area contributed by atoms with Crippen LogP contribution in [0.5, 0.6) is 0 Å². The third-order valence-electron chi connectivity index (χ3n) is 5.62. The molecule has 0 aliphatic carbocycles. The third-order valence-corrected chi connectivity index (χ3v) is 5.62. The van der Waals surface area contributed by atoms with Crippen molar-refractivity contribution in [2.24, 2.45) is 0 Å². The molecule has 0 unspecified atom stereocenters. The maximum Gasteiger partial charge on any atom is 0.263 e. The maximum absolute atomic E-state index is 14.1. The minimum atomic E-state index is -0.422. The second-order valence-electron chi connectivity index (χ2n) is 7.90. The lowest BCUT2D eigenvalue weighted by Gasteiger charge is -2.22. The molecule has 0 saturated carbocycles. The van der Waals surface area contributed by atoms with Gasteiger partial charge in [0, 0.05) is 11.9 Å². The molecule has 8 heteroatoms. The van der Waals surface area contributed by atoms with Crippen LogP contribution in [0.25, 0.3) is 27.5 Å². The first-order valence-corrected chi connectivity index (χ1v) is 10.5. The fourth-order valence-electron chi connectivity index (χ4n) is 4.12. The number of nitrogens with zero attached hydrogens (tertiary/aromatic N) is 4. The van der Waals surface area contributed by atoms with Gasteiger partial charge in [-0.15, -0.1) is 0 Å². The number of fused-ring (bicyclic) bond motifs is 2. The molecule has 0 aliphatic heterocycles. The Hall–Kier alpha value is -4.33. The first-order chi connectivity index (χ1) is 15.9. The lowest BCUT2D eigenvalue weighted by atomic mass is 10.0. The Bertz CT molecular complexity index is 1580. The molecule has 3 heterocycles. The van der Waals surface area contributed by atoms with Crippen molar-refractivity contribution in [2.45, 2.75) is 19.9 Å². The molecule has 0 saturated heterocycles. The highest BCUT2D eigenvalue weighted by Crippen LogP contribution is 2.27. The molecule has 3 aromatic heterocycles. The van der Waals surface area contributed by atoms with E-state index < -0.39 is 11.9 Å². The van der Waals surface area contributed by atoms with Gasteiger partial charge in [-0.1, -0.05) is 24.3 Å². The maximum atomic E-state index is 14.1. The highest BCUT2D eigenvalue weighted by atomic mass is 19.1. The predicted octanol–water partition coefficient (Wildman–Crippen LogP) is 4.53. The van der Waals surface area contributed by atoms with Gasteiger partial charge in [0.2, 0.25) is 5.95 Å². The van der Waals surface area contributed by atoms with Gasteiger partial charge in [-0.3, -0.25) is 14.3 Å². The largest absolute Gasteiger partial charge is 0.368 e. The van der Waals surface area contributed by atoms with Crippen LogP contribution in [0.4, 0.5) is 16.2 Å². The van der Waals surface area contributed by atoms with E-state index in [2.05, 4.69) is 20.3 Å². The van der Waals surface area contributed by atoms with E-state index in [9.17, 15) is 9.18 Å². The number of nitrogens with two attached hydrogens (primary N) is 1. The minimum Gasteiger partial charge on any atom is -0.368 e. The van der Waals surface area contributed by atoms with Gasteiger partial charge in [0.05, 0.1) is 22.6 Å². The fourth-order valence-corrected chi connectivity index (χ4v) is 4.12. The quantitative estimate of drug-likeness (QED) is 0.426. The second-order valence-corrected chi connectivity index (χ2v) is 7.90. The van der Waals surface area contributed by atoms with Crippen LogP contribution < -0.4 is 16.6 Å². The summed E-state index contributed by atoms with van der Waals surface area (Å²) in [5, 5.41) is 4.73. The molecule has 0 bridgehead atoms. The van der Waals surface area contributed by atoms with E-state index >= 15 is 0 Å². The van der Waals surface area contributed by atoms with Crippen molar-refractivity contribution in [1.29, 1.82) is 0 Å². The number of pyridine rings is 2. The number of rotatable bonds is 4. The second kappa shape index (κ2) is 7.98. The number of aryl methyl sites for hydroxylation is 1. The number of benzene rings is 2. The van der Waals surface area contributed by atoms with E-state index in [1.165, 1.54) is 16.7 Å². The van der Waals surface area contributed by atoms with Gasteiger partial charge in [0.1, 0.15) is 11.3 Å². The molecule has 5 aromatic rings. The molecule has 33 heavy (non-hydrogen) atoms. The van der Waals surface area contributed by atoms with Gasteiger partial charge in [-0.05, 0) is 61.2 Å². The van der Waals surface area contributed by atoms with E-state index in [-0.39, 0.29) is 11.5 Å². The molecule has 0 radical (unpaired) electrons. The summed E-state index contributed by atoms with van der Waals surface area (Å²) >= 11 is 0.